The van der Waals surface area contributed by atoms with Gasteiger partial charge in [0.25, 0.3) is 0 Å². The van der Waals surface area contributed by atoms with Crippen LogP contribution in [-0.2, 0) is 14.4 Å². The third kappa shape index (κ3) is 12.3. The van der Waals surface area contributed by atoms with E-state index in [1.165, 1.54) is 0 Å². The quantitative estimate of drug-likeness (QED) is 0.362. The van der Waals surface area contributed by atoms with Gasteiger partial charge in [-0.2, -0.15) is 0 Å². The molecule has 8 heteroatoms. The standard InChI is InChI=1S/C7H16N2O2.C2H2O4/c1-6(2-5-10)7(11)9-4-3-8;3-1(4)2(5)6/h6,10H,2-5,8H2,1H3,(H,9,11);(H,3,4)(H,5,6). The molecule has 0 bridgehead atoms. The average molecular weight is 250 g/mol. The average Bonchev–Trinajstić information content (AvgIpc) is 2.26. The number of carboxylic acid groups (broad SMARTS) is 2. The molecule has 1 unspecified atom stereocenters. The zero-order valence-corrected chi connectivity index (χ0v) is 9.55. The summed E-state index contributed by atoms with van der Waals surface area (Å²) in [5, 5.41) is 25.9. The number of amides is 1. The molecule has 0 heterocycles. The molecule has 1 atom stereocenters. The Balaban J connectivity index is 0. The molecule has 0 fully saturated rings. The van der Waals surface area contributed by atoms with Crippen LogP contribution in [0.2, 0.25) is 0 Å². The molecule has 100 valence electrons. The van der Waals surface area contributed by atoms with Crippen LogP contribution >= 0.6 is 0 Å². The van der Waals surface area contributed by atoms with Crippen LogP contribution in [0.25, 0.3) is 0 Å². The van der Waals surface area contributed by atoms with Gasteiger partial charge in [-0.15, -0.1) is 0 Å². The highest BCUT2D eigenvalue weighted by Crippen LogP contribution is 1.99. The molecule has 0 aliphatic carbocycles. The van der Waals surface area contributed by atoms with Crippen LogP contribution in [0.15, 0.2) is 0 Å². The maximum Gasteiger partial charge on any atom is 0.414 e. The van der Waals surface area contributed by atoms with Gasteiger partial charge in [-0.05, 0) is 6.42 Å². The van der Waals surface area contributed by atoms with Crippen molar-refractivity contribution in [2.24, 2.45) is 11.7 Å². The van der Waals surface area contributed by atoms with Crippen LogP contribution in [0.4, 0.5) is 0 Å². The number of aliphatic hydroxyl groups excluding tert-OH is 1. The summed E-state index contributed by atoms with van der Waals surface area (Å²) in [5.74, 6) is -3.80. The zero-order chi connectivity index (χ0) is 13.8. The third-order valence-electron chi connectivity index (χ3n) is 1.64. The molecular weight excluding hydrogens is 232 g/mol. The molecule has 0 aliphatic heterocycles. The summed E-state index contributed by atoms with van der Waals surface area (Å²) in [7, 11) is 0. The Bertz CT molecular complexity index is 244. The van der Waals surface area contributed by atoms with Crippen LogP contribution < -0.4 is 11.1 Å². The molecule has 0 aromatic rings. The molecule has 0 aromatic carbocycles. The Hall–Kier alpha value is -1.67. The number of hydrogen-bond acceptors (Lipinski definition) is 5. The first kappa shape index (κ1) is 17.7. The molecule has 0 aromatic heterocycles. The predicted octanol–water partition coefficient (Wildman–Crippen LogP) is -1.76. The van der Waals surface area contributed by atoms with E-state index in [0.29, 0.717) is 19.5 Å². The fourth-order valence-corrected chi connectivity index (χ4v) is 0.694. The number of rotatable bonds is 5. The van der Waals surface area contributed by atoms with E-state index in [1.54, 1.807) is 6.92 Å². The lowest BCUT2D eigenvalue weighted by Gasteiger charge is -2.09. The second-order valence-electron chi connectivity index (χ2n) is 3.10. The molecule has 0 spiro atoms. The van der Waals surface area contributed by atoms with Gasteiger partial charge in [-0.1, -0.05) is 6.92 Å². The van der Waals surface area contributed by atoms with Crippen molar-refractivity contribution in [3.05, 3.63) is 0 Å². The Morgan fingerprint density at radius 3 is 2.00 bits per heavy atom. The van der Waals surface area contributed by atoms with Crippen molar-refractivity contribution < 1.29 is 29.7 Å². The summed E-state index contributed by atoms with van der Waals surface area (Å²) in [5.41, 5.74) is 5.19. The first-order valence-corrected chi connectivity index (χ1v) is 4.91. The maximum absolute atomic E-state index is 11.0. The van der Waals surface area contributed by atoms with Crippen molar-refractivity contribution >= 4 is 17.8 Å². The summed E-state index contributed by atoms with van der Waals surface area (Å²) in [4.78, 5) is 29.2. The molecule has 0 rings (SSSR count). The fourth-order valence-electron chi connectivity index (χ4n) is 0.694. The molecular formula is C9H18N2O6. The number of hydrogen-bond donors (Lipinski definition) is 5. The number of aliphatic carboxylic acids is 2. The van der Waals surface area contributed by atoms with E-state index in [4.69, 9.17) is 30.6 Å². The van der Waals surface area contributed by atoms with Crippen LogP contribution in [0.3, 0.4) is 0 Å². The largest absolute Gasteiger partial charge is 0.473 e. The summed E-state index contributed by atoms with van der Waals surface area (Å²) >= 11 is 0. The Morgan fingerprint density at radius 1 is 1.24 bits per heavy atom. The van der Waals surface area contributed by atoms with Crippen molar-refractivity contribution in [1.82, 2.24) is 5.32 Å². The van der Waals surface area contributed by atoms with Gasteiger partial charge in [0.1, 0.15) is 0 Å². The van der Waals surface area contributed by atoms with E-state index in [1.807, 2.05) is 0 Å². The van der Waals surface area contributed by atoms with Crippen molar-refractivity contribution in [2.45, 2.75) is 13.3 Å². The summed E-state index contributed by atoms with van der Waals surface area (Å²) in [6.45, 7) is 2.80. The lowest BCUT2D eigenvalue weighted by Crippen LogP contribution is -2.33. The summed E-state index contributed by atoms with van der Waals surface area (Å²) < 4.78 is 0. The van der Waals surface area contributed by atoms with E-state index in [0.717, 1.165) is 0 Å². The molecule has 0 aliphatic rings. The molecule has 0 radical (unpaired) electrons. The second-order valence-corrected chi connectivity index (χ2v) is 3.10. The number of nitrogens with one attached hydrogen (secondary N) is 1. The summed E-state index contributed by atoms with van der Waals surface area (Å²) in [6, 6.07) is 0. The molecule has 8 nitrogen and oxygen atoms in total. The van der Waals surface area contributed by atoms with Gasteiger partial charge < -0.3 is 26.4 Å². The maximum atomic E-state index is 11.0. The lowest BCUT2D eigenvalue weighted by molar-refractivity contribution is -0.159. The lowest BCUT2D eigenvalue weighted by atomic mass is 10.1. The highest BCUT2D eigenvalue weighted by Gasteiger charge is 2.10. The SMILES string of the molecule is CC(CCO)C(=O)NCCN.O=C(O)C(=O)O. The number of aliphatic hydroxyl groups is 1. The predicted molar refractivity (Wildman–Crippen MR) is 58.2 cm³/mol. The van der Waals surface area contributed by atoms with Gasteiger partial charge in [0, 0.05) is 25.6 Å². The van der Waals surface area contributed by atoms with Crippen LogP contribution in [0.1, 0.15) is 13.3 Å². The minimum atomic E-state index is -1.82. The highest BCUT2D eigenvalue weighted by atomic mass is 16.4. The van der Waals surface area contributed by atoms with Gasteiger partial charge in [-0.25, -0.2) is 9.59 Å². The normalized spacial score (nSPS) is 10.8. The molecule has 1 amide bonds. The second kappa shape index (κ2) is 10.8. The van der Waals surface area contributed by atoms with Crippen LogP contribution in [0, 0.1) is 5.92 Å². The number of nitrogens with two attached hydrogens (primary N) is 1. The number of carboxylic acids is 2. The molecule has 0 saturated heterocycles. The van der Waals surface area contributed by atoms with Gasteiger partial charge >= 0.3 is 11.9 Å². The van der Waals surface area contributed by atoms with E-state index >= 15 is 0 Å². The van der Waals surface area contributed by atoms with Crippen molar-refractivity contribution in [3.8, 4) is 0 Å². The van der Waals surface area contributed by atoms with Crippen molar-refractivity contribution in [2.75, 3.05) is 19.7 Å². The number of carbonyl (C=O) groups excluding carboxylic acids is 1. The highest BCUT2D eigenvalue weighted by molar-refractivity contribution is 6.27. The monoisotopic (exact) mass is 250 g/mol. The number of carbonyl (C=O) groups is 3. The van der Waals surface area contributed by atoms with Gasteiger partial charge in [-0.3, -0.25) is 4.79 Å². The molecule has 17 heavy (non-hydrogen) atoms. The van der Waals surface area contributed by atoms with E-state index < -0.39 is 11.9 Å². The minimum Gasteiger partial charge on any atom is -0.473 e. The first-order valence-electron chi connectivity index (χ1n) is 4.91. The third-order valence-corrected chi connectivity index (χ3v) is 1.64. The van der Waals surface area contributed by atoms with Gasteiger partial charge in [0.15, 0.2) is 0 Å². The Kier molecular flexibility index (Phi) is 11.3. The van der Waals surface area contributed by atoms with Gasteiger partial charge in [0.2, 0.25) is 5.91 Å². The van der Waals surface area contributed by atoms with Crippen LogP contribution in [0.5, 0.6) is 0 Å². The minimum absolute atomic E-state index is 0.0375. The molecule has 6 N–H and O–H groups in total. The van der Waals surface area contributed by atoms with Crippen molar-refractivity contribution in [1.29, 1.82) is 0 Å². The Labute approximate surface area is 98.4 Å². The summed E-state index contributed by atoms with van der Waals surface area (Å²) in [6.07, 6.45) is 0.510. The van der Waals surface area contributed by atoms with E-state index in [-0.39, 0.29) is 18.4 Å². The fraction of sp³-hybridized carbons (Fsp3) is 0.667. The molecule has 0 saturated carbocycles. The smallest absolute Gasteiger partial charge is 0.414 e. The van der Waals surface area contributed by atoms with E-state index in [9.17, 15) is 4.79 Å². The van der Waals surface area contributed by atoms with Crippen LogP contribution in [-0.4, -0.2) is 52.9 Å². The first-order chi connectivity index (χ1) is 7.86. The van der Waals surface area contributed by atoms with Crippen molar-refractivity contribution in [3.63, 3.8) is 0 Å². The topological polar surface area (TPSA) is 150 Å². The van der Waals surface area contributed by atoms with E-state index in [2.05, 4.69) is 5.32 Å². The zero-order valence-electron chi connectivity index (χ0n) is 9.55. The Morgan fingerprint density at radius 2 is 1.71 bits per heavy atom. The van der Waals surface area contributed by atoms with Gasteiger partial charge in [0.05, 0.1) is 0 Å².